The van der Waals surface area contributed by atoms with E-state index in [0.29, 0.717) is 24.6 Å². The highest BCUT2D eigenvalue weighted by molar-refractivity contribution is 5.93. The lowest BCUT2D eigenvalue weighted by Gasteiger charge is -2.36. The van der Waals surface area contributed by atoms with Crippen molar-refractivity contribution < 1.29 is 9.53 Å². The molecule has 1 amide bonds. The molecular formula is C22H23N5O2. The molecule has 0 radical (unpaired) electrons. The molecule has 7 heteroatoms. The summed E-state index contributed by atoms with van der Waals surface area (Å²) in [6.07, 6.45) is 1.42. The second kappa shape index (κ2) is 8.60. The number of nitrogens with one attached hydrogen (secondary N) is 1. The number of anilines is 3. The molecule has 1 saturated heterocycles. The fourth-order valence-corrected chi connectivity index (χ4v) is 3.33. The van der Waals surface area contributed by atoms with E-state index in [9.17, 15) is 4.79 Å². The van der Waals surface area contributed by atoms with Gasteiger partial charge in [0.15, 0.2) is 0 Å². The predicted molar refractivity (Wildman–Crippen MR) is 113 cm³/mol. The van der Waals surface area contributed by atoms with Gasteiger partial charge in [-0.3, -0.25) is 4.79 Å². The van der Waals surface area contributed by atoms with Crippen LogP contribution in [0.4, 0.5) is 17.2 Å². The summed E-state index contributed by atoms with van der Waals surface area (Å²) in [6, 6.07) is 19.4. The zero-order chi connectivity index (χ0) is 20.1. The van der Waals surface area contributed by atoms with Gasteiger partial charge in [0, 0.05) is 43.6 Å². The van der Waals surface area contributed by atoms with E-state index in [1.54, 1.807) is 13.2 Å². The minimum Gasteiger partial charge on any atom is -0.497 e. The summed E-state index contributed by atoms with van der Waals surface area (Å²) in [5.74, 6) is 1.37. The number of para-hydroxylation sites is 1. The van der Waals surface area contributed by atoms with E-state index >= 15 is 0 Å². The third kappa shape index (κ3) is 4.45. The predicted octanol–water partition coefficient (Wildman–Crippen LogP) is 3.19. The van der Waals surface area contributed by atoms with Gasteiger partial charge in [0.25, 0.3) is 5.91 Å². The summed E-state index contributed by atoms with van der Waals surface area (Å²) in [7, 11) is 1.66. The van der Waals surface area contributed by atoms with Crippen molar-refractivity contribution in [3.8, 4) is 5.75 Å². The van der Waals surface area contributed by atoms with Crippen LogP contribution in [0.5, 0.6) is 5.75 Å². The first-order chi connectivity index (χ1) is 14.2. The molecule has 2 aromatic carbocycles. The number of carbonyl (C=O) groups excluding carboxylic acids is 1. The van der Waals surface area contributed by atoms with Gasteiger partial charge in [0.05, 0.1) is 7.11 Å². The monoisotopic (exact) mass is 389 g/mol. The van der Waals surface area contributed by atoms with Crippen LogP contribution >= 0.6 is 0 Å². The molecule has 2 heterocycles. The van der Waals surface area contributed by atoms with Crippen molar-refractivity contribution >= 4 is 23.1 Å². The second-order valence-electron chi connectivity index (χ2n) is 6.76. The van der Waals surface area contributed by atoms with Crippen LogP contribution in [0.25, 0.3) is 0 Å². The highest BCUT2D eigenvalue weighted by atomic mass is 16.5. The molecule has 1 aliphatic rings. The number of nitrogens with zero attached hydrogens (tertiary/aromatic N) is 4. The van der Waals surface area contributed by atoms with Crippen LogP contribution < -0.4 is 15.0 Å². The summed E-state index contributed by atoms with van der Waals surface area (Å²) in [5, 5.41) is 3.20. The van der Waals surface area contributed by atoms with Crippen LogP contribution in [-0.2, 0) is 0 Å². The molecule has 1 aliphatic heterocycles. The Morgan fingerprint density at radius 2 is 1.69 bits per heavy atom. The molecule has 0 saturated carbocycles. The molecule has 0 unspecified atom stereocenters. The van der Waals surface area contributed by atoms with Crippen LogP contribution in [0.15, 0.2) is 67.0 Å². The Morgan fingerprint density at radius 3 is 2.38 bits per heavy atom. The number of amides is 1. The molecule has 1 aromatic heterocycles. The lowest BCUT2D eigenvalue weighted by atomic mass is 10.2. The SMILES string of the molecule is COc1ccc(N2CCN(C(=O)c3cc(Nc4ccccc4)ncn3)CC2)cc1. The number of benzene rings is 2. The highest BCUT2D eigenvalue weighted by Gasteiger charge is 2.23. The standard InChI is InChI=1S/C22H23N5O2/c1-29-19-9-7-18(8-10-19)26-11-13-27(14-12-26)22(28)20-15-21(24-16-23-20)25-17-5-3-2-4-6-17/h2-10,15-16H,11-14H2,1H3,(H,23,24,25). The van der Waals surface area contributed by atoms with E-state index in [2.05, 4.69) is 20.2 Å². The van der Waals surface area contributed by atoms with Crippen molar-refractivity contribution in [1.29, 1.82) is 0 Å². The number of methoxy groups -OCH3 is 1. The van der Waals surface area contributed by atoms with E-state index in [4.69, 9.17) is 4.74 Å². The zero-order valence-corrected chi connectivity index (χ0v) is 16.3. The van der Waals surface area contributed by atoms with Crippen molar-refractivity contribution in [1.82, 2.24) is 14.9 Å². The number of hydrogen-bond acceptors (Lipinski definition) is 6. The Hall–Kier alpha value is -3.61. The third-order valence-corrected chi connectivity index (χ3v) is 4.94. The Bertz CT molecular complexity index is 954. The number of hydrogen-bond donors (Lipinski definition) is 1. The van der Waals surface area contributed by atoms with Crippen LogP contribution in [0.3, 0.4) is 0 Å². The normalized spacial score (nSPS) is 13.8. The number of carbonyl (C=O) groups is 1. The van der Waals surface area contributed by atoms with Crippen molar-refractivity contribution in [3.63, 3.8) is 0 Å². The summed E-state index contributed by atoms with van der Waals surface area (Å²) >= 11 is 0. The Labute approximate surface area is 170 Å². The molecule has 3 aromatic rings. The van der Waals surface area contributed by atoms with Gasteiger partial charge in [0.1, 0.15) is 23.6 Å². The van der Waals surface area contributed by atoms with Gasteiger partial charge in [-0.1, -0.05) is 18.2 Å². The number of aromatic nitrogens is 2. The van der Waals surface area contributed by atoms with Crippen molar-refractivity contribution in [2.75, 3.05) is 43.5 Å². The number of ether oxygens (including phenoxy) is 1. The van der Waals surface area contributed by atoms with Crippen molar-refractivity contribution in [2.24, 2.45) is 0 Å². The molecule has 1 N–H and O–H groups in total. The highest BCUT2D eigenvalue weighted by Crippen LogP contribution is 2.21. The Kier molecular flexibility index (Phi) is 5.56. The maximum absolute atomic E-state index is 12.9. The Morgan fingerprint density at radius 1 is 0.966 bits per heavy atom. The van der Waals surface area contributed by atoms with Gasteiger partial charge >= 0.3 is 0 Å². The van der Waals surface area contributed by atoms with Gasteiger partial charge < -0.3 is 19.9 Å². The fraction of sp³-hybridized carbons (Fsp3) is 0.227. The van der Waals surface area contributed by atoms with Crippen LogP contribution in [0, 0.1) is 0 Å². The van der Waals surface area contributed by atoms with Crippen LogP contribution in [0.2, 0.25) is 0 Å². The maximum Gasteiger partial charge on any atom is 0.272 e. The molecule has 7 nitrogen and oxygen atoms in total. The molecule has 1 fully saturated rings. The summed E-state index contributed by atoms with van der Waals surface area (Å²) in [4.78, 5) is 25.4. The molecule has 0 aliphatic carbocycles. The van der Waals surface area contributed by atoms with E-state index < -0.39 is 0 Å². The average Bonchev–Trinajstić information content (AvgIpc) is 2.80. The van der Waals surface area contributed by atoms with Crippen molar-refractivity contribution in [2.45, 2.75) is 0 Å². The fourth-order valence-electron chi connectivity index (χ4n) is 3.33. The largest absolute Gasteiger partial charge is 0.497 e. The molecular weight excluding hydrogens is 366 g/mol. The van der Waals surface area contributed by atoms with Gasteiger partial charge in [0.2, 0.25) is 0 Å². The maximum atomic E-state index is 12.9. The minimum absolute atomic E-state index is 0.0714. The molecule has 0 bridgehead atoms. The first kappa shape index (κ1) is 18.7. The molecule has 0 spiro atoms. The molecule has 4 rings (SSSR count). The van der Waals surface area contributed by atoms with E-state index in [-0.39, 0.29) is 5.91 Å². The summed E-state index contributed by atoms with van der Waals surface area (Å²) in [5.41, 5.74) is 2.45. The van der Waals surface area contributed by atoms with Gasteiger partial charge in [-0.05, 0) is 36.4 Å². The van der Waals surface area contributed by atoms with E-state index in [0.717, 1.165) is 30.2 Å². The first-order valence-electron chi connectivity index (χ1n) is 9.55. The third-order valence-electron chi connectivity index (χ3n) is 4.94. The minimum atomic E-state index is -0.0714. The van der Waals surface area contributed by atoms with Crippen LogP contribution in [-0.4, -0.2) is 54.1 Å². The molecule has 29 heavy (non-hydrogen) atoms. The second-order valence-corrected chi connectivity index (χ2v) is 6.76. The number of piperazine rings is 1. The van der Waals surface area contributed by atoms with Crippen molar-refractivity contribution in [3.05, 3.63) is 72.7 Å². The van der Waals surface area contributed by atoms with Gasteiger partial charge in [-0.15, -0.1) is 0 Å². The van der Waals surface area contributed by atoms with Crippen LogP contribution in [0.1, 0.15) is 10.5 Å². The lowest BCUT2D eigenvalue weighted by molar-refractivity contribution is 0.0740. The molecule has 0 atom stereocenters. The van der Waals surface area contributed by atoms with E-state index in [1.807, 2.05) is 59.5 Å². The molecule has 148 valence electrons. The summed E-state index contributed by atoms with van der Waals surface area (Å²) in [6.45, 7) is 2.85. The lowest BCUT2D eigenvalue weighted by Crippen LogP contribution is -2.49. The zero-order valence-electron chi connectivity index (χ0n) is 16.3. The number of rotatable bonds is 5. The first-order valence-corrected chi connectivity index (χ1v) is 9.55. The van der Waals surface area contributed by atoms with E-state index in [1.165, 1.54) is 6.33 Å². The average molecular weight is 389 g/mol. The summed E-state index contributed by atoms with van der Waals surface area (Å²) < 4.78 is 5.21. The van der Waals surface area contributed by atoms with Gasteiger partial charge in [-0.25, -0.2) is 9.97 Å². The smallest absolute Gasteiger partial charge is 0.272 e. The Balaban J connectivity index is 1.38. The topological polar surface area (TPSA) is 70.6 Å². The van der Waals surface area contributed by atoms with Gasteiger partial charge in [-0.2, -0.15) is 0 Å². The quantitative estimate of drug-likeness (QED) is 0.723.